The lowest BCUT2D eigenvalue weighted by Gasteiger charge is -2.14. The van der Waals surface area contributed by atoms with E-state index in [0.717, 1.165) is 24.1 Å². The van der Waals surface area contributed by atoms with Crippen LogP contribution in [-0.4, -0.2) is 26.8 Å². The van der Waals surface area contributed by atoms with Gasteiger partial charge in [0.2, 0.25) is 0 Å². The van der Waals surface area contributed by atoms with Gasteiger partial charge >= 0.3 is 0 Å². The van der Waals surface area contributed by atoms with E-state index in [2.05, 4.69) is 9.97 Å². The molecule has 1 saturated carbocycles. The average molecular weight is 245 g/mol. The molecule has 0 bridgehead atoms. The Kier molecular flexibility index (Phi) is 2.76. The molecular weight excluding hydrogens is 230 g/mol. The van der Waals surface area contributed by atoms with Crippen LogP contribution in [0.4, 0.5) is 0 Å². The molecule has 0 aromatic carbocycles. The standard InChI is InChI=1S/C13H15N3O2/c1-18-11-4-9(5-14-6-11)13(17)12-7-15-8-16(12)10-2-3-10/h4-8,10,13,17H,2-3H2,1H3. The van der Waals surface area contributed by atoms with E-state index in [1.54, 1.807) is 38.1 Å². The van der Waals surface area contributed by atoms with Crippen molar-refractivity contribution < 1.29 is 9.84 Å². The number of ether oxygens (including phenoxy) is 1. The monoisotopic (exact) mass is 245 g/mol. The molecule has 5 nitrogen and oxygen atoms in total. The van der Waals surface area contributed by atoms with E-state index in [0.29, 0.717) is 11.8 Å². The second-order valence-electron chi connectivity index (χ2n) is 4.52. The molecule has 1 atom stereocenters. The molecule has 2 heterocycles. The molecule has 94 valence electrons. The van der Waals surface area contributed by atoms with Crippen molar-refractivity contribution in [1.29, 1.82) is 0 Å². The molecule has 2 aromatic rings. The normalized spacial score (nSPS) is 16.6. The molecule has 0 radical (unpaired) electrons. The summed E-state index contributed by atoms with van der Waals surface area (Å²) >= 11 is 0. The number of hydrogen-bond donors (Lipinski definition) is 1. The van der Waals surface area contributed by atoms with Crippen LogP contribution in [0.2, 0.25) is 0 Å². The molecule has 1 N–H and O–H groups in total. The Morgan fingerprint density at radius 1 is 1.33 bits per heavy atom. The number of methoxy groups -OCH3 is 1. The second-order valence-corrected chi connectivity index (χ2v) is 4.52. The van der Waals surface area contributed by atoms with E-state index in [1.807, 2.05) is 4.57 Å². The van der Waals surface area contributed by atoms with Crippen LogP contribution in [0.1, 0.15) is 36.2 Å². The highest BCUT2D eigenvalue weighted by Crippen LogP contribution is 2.37. The number of aliphatic hydroxyl groups is 1. The summed E-state index contributed by atoms with van der Waals surface area (Å²) in [6.45, 7) is 0. The third-order valence-electron chi connectivity index (χ3n) is 3.20. The first kappa shape index (κ1) is 11.2. The van der Waals surface area contributed by atoms with E-state index in [4.69, 9.17) is 4.74 Å². The van der Waals surface area contributed by atoms with Gasteiger partial charge in [0.15, 0.2) is 0 Å². The van der Waals surface area contributed by atoms with Gasteiger partial charge in [-0.05, 0) is 18.9 Å². The van der Waals surface area contributed by atoms with Crippen molar-refractivity contribution in [1.82, 2.24) is 14.5 Å². The molecule has 18 heavy (non-hydrogen) atoms. The van der Waals surface area contributed by atoms with Gasteiger partial charge in [-0.3, -0.25) is 4.98 Å². The van der Waals surface area contributed by atoms with E-state index >= 15 is 0 Å². The molecule has 0 spiro atoms. The molecule has 1 aliphatic rings. The summed E-state index contributed by atoms with van der Waals surface area (Å²) in [5.74, 6) is 0.643. The van der Waals surface area contributed by atoms with Crippen LogP contribution in [0, 0.1) is 0 Å². The minimum Gasteiger partial charge on any atom is -0.495 e. The summed E-state index contributed by atoms with van der Waals surface area (Å²) in [4.78, 5) is 8.19. The van der Waals surface area contributed by atoms with Crippen molar-refractivity contribution in [2.24, 2.45) is 0 Å². The molecule has 1 unspecified atom stereocenters. The third-order valence-corrected chi connectivity index (χ3v) is 3.20. The summed E-state index contributed by atoms with van der Waals surface area (Å²) < 4.78 is 7.16. The van der Waals surface area contributed by atoms with Crippen LogP contribution >= 0.6 is 0 Å². The minimum atomic E-state index is -0.712. The molecule has 2 aromatic heterocycles. The first-order valence-electron chi connectivity index (χ1n) is 5.98. The smallest absolute Gasteiger partial charge is 0.137 e. The SMILES string of the molecule is COc1cncc(C(O)c2cncn2C2CC2)c1. The van der Waals surface area contributed by atoms with Gasteiger partial charge in [0.05, 0.1) is 31.5 Å². The van der Waals surface area contributed by atoms with Gasteiger partial charge in [-0.25, -0.2) is 4.98 Å². The summed E-state index contributed by atoms with van der Waals surface area (Å²) in [5, 5.41) is 10.4. The Morgan fingerprint density at radius 3 is 2.89 bits per heavy atom. The number of hydrogen-bond acceptors (Lipinski definition) is 4. The number of nitrogens with zero attached hydrogens (tertiary/aromatic N) is 3. The Morgan fingerprint density at radius 2 is 2.17 bits per heavy atom. The van der Waals surface area contributed by atoms with Gasteiger partial charge in [0, 0.05) is 17.8 Å². The van der Waals surface area contributed by atoms with Gasteiger partial charge < -0.3 is 14.4 Å². The largest absolute Gasteiger partial charge is 0.495 e. The molecule has 0 aliphatic heterocycles. The van der Waals surface area contributed by atoms with Crippen molar-refractivity contribution in [3.8, 4) is 5.75 Å². The highest BCUT2D eigenvalue weighted by Gasteiger charge is 2.28. The number of pyridine rings is 1. The Balaban J connectivity index is 1.92. The second kappa shape index (κ2) is 4.42. The van der Waals surface area contributed by atoms with Gasteiger partial charge in [-0.1, -0.05) is 0 Å². The van der Waals surface area contributed by atoms with Gasteiger partial charge in [-0.15, -0.1) is 0 Å². The maximum atomic E-state index is 10.4. The predicted molar refractivity (Wildman–Crippen MR) is 65.3 cm³/mol. The van der Waals surface area contributed by atoms with Crippen molar-refractivity contribution >= 4 is 0 Å². The van der Waals surface area contributed by atoms with Crippen LogP contribution in [0.15, 0.2) is 31.0 Å². The summed E-state index contributed by atoms with van der Waals surface area (Å²) in [6.07, 6.45) is 8.37. The zero-order valence-corrected chi connectivity index (χ0v) is 10.2. The summed E-state index contributed by atoms with van der Waals surface area (Å²) in [5.41, 5.74) is 1.53. The van der Waals surface area contributed by atoms with Crippen LogP contribution in [0.5, 0.6) is 5.75 Å². The van der Waals surface area contributed by atoms with Crippen molar-refractivity contribution in [3.63, 3.8) is 0 Å². The Hall–Kier alpha value is -1.88. The number of aliphatic hydroxyl groups excluding tert-OH is 1. The van der Waals surface area contributed by atoms with Crippen LogP contribution in [0.25, 0.3) is 0 Å². The third kappa shape index (κ3) is 1.97. The van der Waals surface area contributed by atoms with E-state index in [9.17, 15) is 5.11 Å². The molecule has 1 fully saturated rings. The van der Waals surface area contributed by atoms with Crippen molar-refractivity contribution in [3.05, 3.63) is 42.2 Å². The van der Waals surface area contributed by atoms with Crippen LogP contribution in [0.3, 0.4) is 0 Å². The number of rotatable bonds is 4. The fourth-order valence-corrected chi connectivity index (χ4v) is 2.05. The molecule has 0 saturated heterocycles. The van der Waals surface area contributed by atoms with Crippen molar-refractivity contribution in [2.75, 3.05) is 7.11 Å². The van der Waals surface area contributed by atoms with Gasteiger partial charge in [-0.2, -0.15) is 0 Å². The highest BCUT2D eigenvalue weighted by atomic mass is 16.5. The highest BCUT2D eigenvalue weighted by molar-refractivity contribution is 5.29. The molecular formula is C13H15N3O2. The van der Waals surface area contributed by atoms with E-state index in [1.165, 1.54) is 0 Å². The first-order valence-corrected chi connectivity index (χ1v) is 5.98. The molecule has 1 aliphatic carbocycles. The van der Waals surface area contributed by atoms with Crippen LogP contribution < -0.4 is 4.74 Å². The van der Waals surface area contributed by atoms with Gasteiger partial charge in [0.25, 0.3) is 0 Å². The molecule has 3 rings (SSSR count). The lowest BCUT2D eigenvalue weighted by Crippen LogP contribution is -2.07. The molecule has 0 amide bonds. The van der Waals surface area contributed by atoms with Gasteiger partial charge in [0.1, 0.15) is 11.9 Å². The topological polar surface area (TPSA) is 60.2 Å². The molecule has 5 heteroatoms. The van der Waals surface area contributed by atoms with E-state index in [-0.39, 0.29) is 0 Å². The number of imidazole rings is 1. The summed E-state index contributed by atoms with van der Waals surface area (Å²) in [7, 11) is 1.58. The lowest BCUT2D eigenvalue weighted by molar-refractivity contribution is 0.209. The van der Waals surface area contributed by atoms with Crippen molar-refractivity contribution in [2.45, 2.75) is 25.0 Å². The average Bonchev–Trinajstić information content (AvgIpc) is 3.15. The zero-order chi connectivity index (χ0) is 12.5. The lowest BCUT2D eigenvalue weighted by atomic mass is 10.1. The Labute approximate surface area is 105 Å². The summed E-state index contributed by atoms with van der Waals surface area (Å²) in [6, 6.07) is 2.29. The minimum absolute atomic E-state index is 0.496. The fourth-order valence-electron chi connectivity index (χ4n) is 2.05. The number of aromatic nitrogens is 3. The zero-order valence-electron chi connectivity index (χ0n) is 10.2. The predicted octanol–water partition coefficient (Wildman–Crippen LogP) is 1.70. The Bertz CT molecular complexity index is 549. The maximum Gasteiger partial charge on any atom is 0.137 e. The van der Waals surface area contributed by atoms with E-state index < -0.39 is 6.10 Å². The fraction of sp³-hybridized carbons (Fsp3) is 0.385. The maximum absolute atomic E-state index is 10.4. The van der Waals surface area contributed by atoms with Crippen LogP contribution in [-0.2, 0) is 0 Å². The quantitative estimate of drug-likeness (QED) is 0.890. The first-order chi connectivity index (χ1) is 8.79.